The monoisotopic (exact) mass is 274 g/mol. The molecule has 0 saturated heterocycles. The molecule has 1 aromatic heterocycles. The van der Waals surface area contributed by atoms with Crippen molar-refractivity contribution in [3.05, 3.63) is 63.9 Å². The van der Waals surface area contributed by atoms with Crippen molar-refractivity contribution < 1.29 is 0 Å². The molecule has 0 aliphatic rings. The number of aromatic nitrogens is 1. The molecule has 2 rings (SSSR count). The van der Waals surface area contributed by atoms with Crippen molar-refractivity contribution in [3.8, 4) is 0 Å². The van der Waals surface area contributed by atoms with E-state index in [4.69, 9.17) is 11.6 Å². The van der Waals surface area contributed by atoms with Gasteiger partial charge in [0.05, 0.1) is 0 Å². The second kappa shape index (κ2) is 6.18. The number of nitrogens with zero attached hydrogens (tertiary/aromatic N) is 1. The number of nitrogens with one attached hydrogen (secondary N) is 1. The third kappa shape index (κ3) is 3.34. The zero-order valence-electron chi connectivity index (χ0n) is 11.6. The Hall–Kier alpha value is -1.38. The minimum atomic E-state index is 0.183. The fourth-order valence-corrected chi connectivity index (χ4v) is 2.39. The van der Waals surface area contributed by atoms with Crippen LogP contribution in [0.3, 0.4) is 0 Å². The summed E-state index contributed by atoms with van der Waals surface area (Å²) in [6.45, 7) is 4.08. The van der Waals surface area contributed by atoms with Crippen LogP contribution in [0.1, 0.15) is 28.4 Å². The number of halogens is 1. The first-order chi connectivity index (χ1) is 9.11. The lowest BCUT2D eigenvalue weighted by Crippen LogP contribution is -2.20. The molecule has 0 aliphatic heterocycles. The Balaban J connectivity index is 2.25. The number of benzene rings is 1. The lowest BCUT2D eigenvalue weighted by Gasteiger charge is -2.18. The Labute approximate surface area is 119 Å². The molecule has 1 heterocycles. The molecule has 0 saturated carbocycles. The minimum absolute atomic E-state index is 0.183. The van der Waals surface area contributed by atoms with Crippen LogP contribution < -0.4 is 5.32 Å². The largest absolute Gasteiger partial charge is 0.313 e. The highest BCUT2D eigenvalue weighted by atomic mass is 35.5. The van der Waals surface area contributed by atoms with Crippen LogP contribution >= 0.6 is 11.6 Å². The summed E-state index contributed by atoms with van der Waals surface area (Å²) in [5.41, 5.74) is 4.49. The third-order valence-electron chi connectivity index (χ3n) is 3.33. The van der Waals surface area contributed by atoms with Gasteiger partial charge in [0.25, 0.3) is 0 Å². The molecule has 1 atom stereocenters. The highest BCUT2D eigenvalue weighted by Gasteiger charge is 2.15. The Morgan fingerprint density at radius 1 is 1.21 bits per heavy atom. The van der Waals surface area contributed by atoms with E-state index in [9.17, 15) is 0 Å². The first-order valence-corrected chi connectivity index (χ1v) is 6.83. The Bertz CT molecular complexity index is 549. The highest BCUT2D eigenvalue weighted by Crippen LogP contribution is 2.27. The minimum Gasteiger partial charge on any atom is -0.313 e. The quantitative estimate of drug-likeness (QED) is 0.916. The van der Waals surface area contributed by atoms with Crippen LogP contribution in [-0.2, 0) is 6.42 Å². The molecule has 3 heteroatoms. The Kier molecular flexibility index (Phi) is 4.56. The zero-order chi connectivity index (χ0) is 13.8. The van der Waals surface area contributed by atoms with E-state index in [1.807, 2.05) is 39.2 Å². The zero-order valence-corrected chi connectivity index (χ0v) is 12.3. The Morgan fingerprint density at radius 3 is 2.63 bits per heavy atom. The van der Waals surface area contributed by atoms with Gasteiger partial charge in [-0.05, 0) is 43.7 Å². The Morgan fingerprint density at radius 2 is 2.00 bits per heavy atom. The normalized spacial score (nSPS) is 12.4. The third-order valence-corrected chi connectivity index (χ3v) is 3.85. The number of hydrogen-bond acceptors (Lipinski definition) is 2. The van der Waals surface area contributed by atoms with Crippen LogP contribution in [0.25, 0.3) is 0 Å². The van der Waals surface area contributed by atoms with Crippen LogP contribution in [0.2, 0.25) is 5.02 Å². The lowest BCUT2D eigenvalue weighted by molar-refractivity contribution is 0.584. The van der Waals surface area contributed by atoms with Crippen molar-refractivity contribution >= 4 is 11.6 Å². The summed E-state index contributed by atoms with van der Waals surface area (Å²) in [7, 11) is 1.96. The second-order valence-corrected chi connectivity index (χ2v) is 5.23. The number of rotatable bonds is 4. The fourth-order valence-electron chi connectivity index (χ4n) is 2.14. The average Bonchev–Trinajstić information content (AvgIpc) is 2.42. The summed E-state index contributed by atoms with van der Waals surface area (Å²) in [6.07, 6.45) is 2.74. The average molecular weight is 275 g/mol. The molecule has 0 radical (unpaired) electrons. The van der Waals surface area contributed by atoms with Gasteiger partial charge in [0.1, 0.15) is 0 Å². The smallest absolute Gasteiger partial charge is 0.0483 e. The summed E-state index contributed by atoms with van der Waals surface area (Å²) in [5.74, 6) is 0. The van der Waals surface area contributed by atoms with Gasteiger partial charge < -0.3 is 5.32 Å². The molecule has 0 spiro atoms. The van der Waals surface area contributed by atoms with E-state index >= 15 is 0 Å². The summed E-state index contributed by atoms with van der Waals surface area (Å²) in [4.78, 5) is 4.46. The predicted octanol–water partition coefficient (Wildman–Crippen LogP) is 3.86. The molecule has 2 aromatic rings. The van der Waals surface area contributed by atoms with Gasteiger partial charge in [-0.25, -0.2) is 0 Å². The fraction of sp³-hybridized carbons (Fsp3) is 0.312. The van der Waals surface area contributed by atoms with Crippen molar-refractivity contribution in [3.63, 3.8) is 0 Å². The van der Waals surface area contributed by atoms with E-state index < -0.39 is 0 Å². The second-order valence-electron chi connectivity index (χ2n) is 4.85. The summed E-state index contributed by atoms with van der Waals surface area (Å²) in [5, 5.41) is 4.17. The van der Waals surface area contributed by atoms with E-state index in [2.05, 4.69) is 28.5 Å². The number of hydrogen-bond donors (Lipinski definition) is 1. The number of pyridine rings is 1. The molecule has 0 bridgehead atoms. The van der Waals surface area contributed by atoms with Crippen LogP contribution in [0.5, 0.6) is 0 Å². The van der Waals surface area contributed by atoms with Crippen LogP contribution in [0.15, 0.2) is 36.5 Å². The van der Waals surface area contributed by atoms with Gasteiger partial charge in [-0.3, -0.25) is 4.98 Å². The SMILES string of the molecule is CNC(Cc1ccc(C)cn1)c1cccc(C)c1Cl. The van der Waals surface area contributed by atoms with Crippen LogP contribution in [-0.4, -0.2) is 12.0 Å². The first kappa shape index (κ1) is 14.0. The number of likely N-dealkylation sites (N-methyl/N-ethyl adjacent to an activating group) is 1. The van der Waals surface area contributed by atoms with E-state index in [1.54, 1.807) is 0 Å². The summed E-state index contributed by atoms with van der Waals surface area (Å²) >= 11 is 6.40. The van der Waals surface area contributed by atoms with E-state index in [-0.39, 0.29) is 6.04 Å². The van der Waals surface area contributed by atoms with Gasteiger partial charge >= 0.3 is 0 Å². The van der Waals surface area contributed by atoms with Crippen molar-refractivity contribution in [2.45, 2.75) is 26.3 Å². The maximum absolute atomic E-state index is 6.40. The van der Waals surface area contributed by atoms with Gasteiger partial charge in [-0.15, -0.1) is 0 Å². The first-order valence-electron chi connectivity index (χ1n) is 6.45. The lowest BCUT2D eigenvalue weighted by atomic mass is 9.99. The summed E-state index contributed by atoms with van der Waals surface area (Å²) in [6, 6.07) is 10.5. The van der Waals surface area contributed by atoms with E-state index in [1.165, 1.54) is 5.56 Å². The van der Waals surface area contributed by atoms with Gasteiger partial charge in [-0.1, -0.05) is 35.9 Å². The molecule has 2 nitrogen and oxygen atoms in total. The van der Waals surface area contributed by atoms with Crippen LogP contribution in [0, 0.1) is 13.8 Å². The van der Waals surface area contributed by atoms with Gasteiger partial charge in [-0.2, -0.15) is 0 Å². The number of aryl methyl sites for hydroxylation is 2. The molecule has 100 valence electrons. The van der Waals surface area contributed by atoms with Gasteiger partial charge in [0.15, 0.2) is 0 Å². The van der Waals surface area contributed by atoms with Crippen molar-refractivity contribution in [1.29, 1.82) is 0 Å². The van der Waals surface area contributed by atoms with Crippen molar-refractivity contribution in [1.82, 2.24) is 10.3 Å². The topological polar surface area (TPSA) is 24.9 Å². The molecule has 0 aliphatic carbocycles. The molecular weight excluding hydrogens is 256 g/mol. The van der Waals surface area contributed by atoms with Gasteiger partial charge in [0, 0.05) is 29.4 Å². The van der Waals surface area contributed by atoms with Crippen LogP contribution in [0.4, 0.5) is 0 Å². The highest BCUT2D eigenvalue weighted by molar-refractivity contribution is 6.32. The molecule has 1 N–H and O–H groups in total. The predicted molar refractivity (Wildman–Crippen MR) is 80.7 cm³/mol. The molecule has 0 fully saturated rings. The van der Waals surface area contributed by atoms with E-state index in [0.717, 1.165) is 28.3 Å². The molecule has 19 heavy (non-hydrogen) atoms. The summed E-state index contributed by atoms with van der Waals surface area (Å²) < 4.78 is 0. The molecule has 1 unspecified atom stereocenters. The molecule has 0 amide bonds. The van der Waals surface area contributed by atoms with Crippen molar-refractivity contribution in [2.24, 2.45) is 0 Å². The standard InChI is InChI=1S/C16H19ClN2/c1-11-7-8-13(19-10-11)9-15(18-3)14-6-4-5-12(2)16(14)17/h4-8,10,15,18H,9H2,1-3H3. The van der Waals surface area contributed by atoms with Crippen molar-refractivity contribution in [2.75, 3.05) is 7.05 Å². The maximum Gasteiger partial charge on any atom is 0.0483 e. The van der Waals surface area contributed by atoms with E-state index in [0.29, 0.717) is 0 Å². The maximum atomic E-state index is 6.40. The molecule has 1 aromatic carbocycles. The molecular formula is C16H19ClN2. The van der Waals surface area contributed by atoms with Gasteiger partial charge in [0.2, 0.25) is 0 Å².